The standard InChI is InChI=1S/C17H18OS/c1-13-3-5-14(6-4-13)7-12-17(18)15-8-10-16(19-2)11-9-15/h3-6,8-11H,7,12H2,1-2H3. The van der Waals surface area contributed by atoms with Crippen molar-refractivity contribution < 1.29 is 4.79 Å². The quantitative estimate of drug-likeness (QED) is 0.586. The van der Waals surface area contributed by atoms with E-state index in [0.717, 1.165) is 12.0 Å². The minimum atomic E-state index is 0.216. The lowest BCUT2D eigenvalue weighted by Gasteiger charge is -2.03. The first-order valence-corrected chi connectivity index (χ1v) is 7.64. The largest absolute Gasteiger partial charge is 0.294 e. The second-order valence-electron chi connectivity index (χ2n) is 4.64. The molecule has 0 amide bonds. The Kier molecular flexibility index (Phi) is 4.80. The number of carbonyl (C=O) groups is 1. The van der Waals surface area contributed by atoms with E-state index in [1.807, 2.05) is 30.5 Å². The van der Waals surface area contributed by atoms with Gasteiger partial charge in [0.25, 0.3) is 0 Å². The Labute approximate surface area is 119 Å². The Morgan fingerprint density at radius 1 is 1.00 bits per heavy atom. The van der Waals surface area contributed by atoms with Crippen molar-refractivity contribution in [3.63, 3.8) is 0 Å². The third kappa shape index (κ3) is 3.97. The fourth-order valence-corrected chi connectivity index (χ4v) is 2.34. The van der Waals surface area contributed by atoms with Crippen LogP contribution in [-0.2, 0) is 6.42 Å². The van der Waals surface area contributed by atoms with E-state index >= 15 is 0 Å². The van der Waals surface area contributed by atoms with Gasteiger partial charge in [-0.05, 0) is 37.3 Å². The molecule has 0 saturated carbocycles. The molecule has 0 unspecified atom stereocenters. The molecule has 0 aliphatic rings. The number of benzene rings is 2. The lowest BCUT2D eigenvalue weighted by molar-refractivity contribution is 0.0983. The minimum absolute atomic E-state index is 0.216. The summed E-state index contributed by atoms with van der Waals surface area (Å²) < 4.78 is 0. The number of ketones is 1. The summed E-state index contributed by atoms with van der Waals surface area (Å²) in [6, 6.07) is 16.2. The molecule has 0 aliphatic heterocycles. The first kappa shape index (κ1) is 13.9. The van der Waals surface area contributed by atoms with Gasteiger partial charge >= 0.3 is 0 Å². The van der Waals surface area contributed by atoms with Gasteiger partial charge in [0.15, 0.2) is 5.78 Å². The lowest BCUT2D eigenvalue weighted by Crippen LogP contribution is -2.01. The van der Waals surface area contributed by atoms with E-state index in [1.54, 1.807) is 11.8 Å². The predicted octanol–water partition coefficient (Wildman–Crippen LogP) is 4.53. The highest BCUT2D eigenvalue weighted by molar-refractivity contribution is 7.98. The second kappa shape index (κ2) is 6.58. The van der Waals surface area contributed by atoms with E-state index in [-0.39, 0.29) is 5.78 Å². The number of carbonyl (C=O) groups excluding carboxylic acids is 1. The highest BCUT2D eigenvalue weighted by Gasteiger charge is 2.06. The maximum atomic E-state index is 12.1. The van der Waals surface area contributed by atoms with E-state index in [9.17, 15) is 4.79 Å². The Bertz CT molecular complexity index is 540. The zero-order chi connectivity index (χ0) is 13.7. The Morgan fingerprint density at radius 3 is 2.21 bits per heavy atom. The average molecular weight is 270 g/mol. The maximum Gasteiger partial charge on any atom is 0.163 e. The van der Waals surface area contributed by atoms with Crippen molar-refractivity contribution in [2.24, 2.45) is 0 Å². The summed E-state index contributed by atoms with van der Waals surface area (Å²) in [5.41, 5.74) is 3.28. The van der Waals surface area contributed by atoms with Crippen LogP contribution in [0.2, 0.25) is 0 Å². The highest BCUT2D eigenvalue weighted by atomic mass is 32.2. The van der Waals surface area contributed by atoms with Crippen molar-refractivity contribution in [1.29, 1.82) is 0 Å². The molecule has 0 bridgehead atoms. The summed E-state index contributed by atoms with van der Waals surface area (Å²) in [5.74, 6) is 0.216. The zero-order valence-corrected chi connectivity index (χ0v) is 12.2. The van der Waals surface area contributed by atoms with Crippen LogP contribution in [0, 0.1) is 6.92 Å². The van der Waals surface area contributed by atoms with Gasteiger partial charge in [-0.25, -0.2) is 0 Å². The van der Waals surface area contributed by atoms with Crippen LogP contribution in [0.15, 0.2) is 53.4 Å². The molecule has 0 aliphatic carbocycles. The molecule has 0 N–H and O–H groups in total. The molecule has 0 radical (unpaired) electrons. The number of hydrogen-bond acceptors (Lipinski definition) is 2. The van der Waals surface area contributed by atoms with Crippen LogP contribution in [0.3, 0.4) is 0 Å². The molecule has 2 rings (SSSR count). The van der Waals surface area contributed by atoms with Crippen LogP contribution in [0.1, 0.15) is 27.9 Å². The molecule has 19 heavy (non-hydrogen) atoms. The predicted molar refractivity (Wildman–Crippen MR) is 82.1 cm³/mol. The lowest BCUT2D eigenvalue weighted by atomic mass is 10.0. The molecule has 0 aromatic heterocycles. The smallest absolute Gasteiger partial charge is 0.163 e. The number of hydrogen-bond donors (Lipinski definition) is 0. The molecule has 0 heterocycles. The van der Waals surface area contributed by atoms with Gasteiger partial charge < -0.3 is 0 Å². The van der Waals surface area contributed by atoms with Crippen molar-refractivity contribution in [1.82, 2.24) is 0 Å². The Hall–Kier alpha value is -1.54. The van der Waals surface area contributed by atoms with Crippen LogP contribution in [0.4, 0.5) is 0 Å². The summed E-state index contributed by atoms with van der Waals surface area (Å²) in [6.07, 6.45) is 3.42. The van der Waals surface area contributed by atoms with Crippen molar-refractivity contribution in [2.75, 3.05) is 6.26 Å². The van der Waals surface area contributed by atoms with Gasteiger partial charge in [-0.15, -0.1) is 11.8 Å². The minimum Gasteiger partial charge on any atom is -0.294 e. The van der Waals surface area contributed by atoms with Gasteiger partial charge in [0.2, 0.25) is 0 Å². The molecule has 2 heteroatoms. The third-order valence-electron chi connectivity index (χ3n) is 3.17. The Balaban J connectivity index is 1.95. The van der Waals surface area contributed by atoms with Gasteiger partial charge in [-0.1, -0.05) is 42.0 Å². The SMILES string of the molecule is CSc1ccc(C(=O)CCc2ccc(C)cc2)cc1. The number of Topliss-reactive ketones (excluding diaryl/α,β-unsaturated/α-hetero) is 1. The van der Waals surface area contributed by atoms with E-state index in [4.69, 9.17) is 0 Å². The van der Waals surface area contributed by atoms with Gasteiger partial charge in [0.05, 0.1) is 0 Å². The Morgan fingerprint density at radius 2 is 1.63 bits per heavy atom. The summed E-state index contributed by atoms with van der Waals surface area (Å²) in [5, 5.41) is 0. The summed E-state index contributed by atoms with van der Waals surface area (Å²) in [6.45, 7) is 2.07. The molecule has 0 saturated heterocycles. The normalized spacial score (nSPS) is 10.4. The molecule has 0 spiro atoms. The second-order valence-corrected chi connectivity index (χ2v) is 5.52. The molecular formula is C17H18OS. The zero-order valence-electron chi connectivity index (χ0n) is 11.3. The molecule has 0 fully saturated rings. The first-order chi connectivity index (χ1) is 9.19. The van der Waals surface area contributed by atoms with Crippen LogP contribution in [0.25, 0.3) is 0 Å². The molecular weight excluding hydrogens is 252 g/mol. The van der Waals surface area contributed by atoms with E-state index in [2.05, 4.69) is 31.2 Å². The van der Waals surface area contributed by atoms with Crippen molar-refractivity contribution in [3.05, 3.63) is 65.2 Å². The van der Waals surface area contributed by atoms with Crippen LogP contribution in [-0.4, -0.2) is 12.0 Å². The molecule has 2 aromatic rings. The van der Waals surface area contributed by atoms with Gasteiger partial charge in [-0.2, -0.15) is 0 Å². The summed E-state index contributed by atoms with van der Waals surface area (Å²) in [7, 11) is 0. The fourth-order valence-electron chi connectivity index (χ4n) is 1.93. The van der Waals surface area contributed by atoms with E-state index < -0.39 is 0 Å². The van der Waals surface area contributed by atoms with Crippen LogP contribution < -0.4 is 0 Å². The van der Waals surface area contributed by atoms with Crippen molar-refractivity contribution in [3.8, 4) is 0 Å². The van der Waals surface area contributed by atoms with Gasteiger partial charge in [0, 0.05) is 16.9 Å². The van der Waals surface area contributed by atoms with Crippen LogP contribution >= 0.6 is 11.8 Å². The van der Waals surface area contributed by atoms with Gasteiger partial charge in [0.1, 0.15) is 0 Å². The van der Waals surface area contributed by atoms with Crippen molar-refractivity contribution in [2.45, 2.75) is 24.7 Å². The first-order valence-electron chi connectivity index (χ1n) is 6.42. The molecule has 98 valence electrons. The maximum absolute atomic E-state index is 12.1. The third-order valence-corrected chi connectivity index (χ3v) is 3.92. The summed E-state index contributed by atoms with van der Waals surface area (Å²) >= 11 is 1.69. The number of thioether (sulfide) groups is 1. The molecule has 0 atom stereocenters. The van der Waals surface area contributed by atoms with Crippen LogP contribution in [0.5, 0.6) is 0 Å². The topological polar surface area (TPSA) is 17.1 Å². The summed E-state index contributed by atoms with van der Waals surface area (Å²) in [4.78, 5) is 13.3. The molecule has 1 nitrogen and oxygen atoms in total. The van der Waals surface area contributed by atoms with Gasteiger partial charge in [-0.3, -0.25) is 4.79 Å². The van der Waals surface area contributed by atoms with Crippen molar-refractivity contribution >= 4 is 17.5 Å². The van der Waals surface area contributed by atoms with E-state index in [1.165, 1.54) is 16.0 Å². The van der Waals surface area contributed by atoms with E-state index in [0.29, 0.717) is 6.42 Å². The highest BCUT2D eigenvalue weighted by Crippen LogP contribution is 2.16. The fraction of sp³-hybridized carbons (Fsp3) is 0.235. The number of rotatable bonds is 5. The average Bonchev–Trinajstić information content (AvgIpc) is 2.46. The number of aryl methyl sites for hydroxylation is 2. The molecule has 2 aromatic carbocycles. The monoisotopic (exact) mass is 270 g/mol.